The number of benzene rings is 1. The summed E-state index contributed by atoms with van der Waals surface area (Å²) in [5, 5.41) is 7.83. The summed E-state index contributed by atoms with van der Waals surface area (Å²) >= 11 is 0. The predicted molar refractivity (Wildman–Crippen MR) is 85.2 cm³/mol. The molecule has 114 valence electrons. The summed E-state index contributed by atoms with van der Waals surface area (Å²) in [6, 6.07) is 10.4. The third-order valence-electron chi connectivity index (χ3n) is 3.29. The van der Waals surface area contributed by atoms with Gasteiger partial charge in [0.05, 0.1) is 18.3 Å². The lowest BCUT2D eigenvalue weighted by Crippen LogP contribution is -2.37. The normalized spacial score (nSPS) is 11.8. The van der Waals surface area contributed by atoms with Crippen LogP contribution in [0, 0.1) is 0 Å². The molecule has 2 aromatic rings. The summed E-state index contributed by atoms with van der Waals surface area (Å²) in [6.45, 7) is 9.41. The van der Waals surface area contributed by atoms with E-state index in [2.05, 4.69) is 54.7 Å². The first-order valence-electron chi connectivity index (χ1n) is 7.49. The molecule has 0 aliphatic rings. The average molecular weight is 287 g/mol. The van der Waals surface area contributed by atoms with Crippen molar-refractivity contribution < 1.29 is 4.74 Å². The molecule has 1 aromatic heterocycles. The number of hydrogen-bond donors (Lipinski definition) is 1. The number of hydrogen-bond acceptors (Lipinski definition) is 3. The molecular weight excluding hydrogens is 262 g/mol. The van der Waals surface area contributed by atoms with Crippen molar-refractivity contribution >= 4 is 0 Å². The van der Waals surface area contributed by atoms with E-state index in [0.717, 1.165) is 26.2 Å². The SMILES string of the molecule is CCOC(C)(C)CNCc1cnn(Cc2ccccc2)c1. The zero-order valence-corrected chi connectivity index (χ0v) is 13.2. The molecular formula is C17H25N3O. The third-order valence-corrected chi connectivity index (χ3v) is 3.29. The first-order chi connectivity index (χ1) is 10.1. The van der Waals surface area contributed by atoms with Crippen LogP contribution < -0.4 is 5.32 Å². The van der Waals surface area contributed by atoms with Gasteiger partial charge in [-0.2, -0.15) is 5.10 Å². The maximum Gasteiger partial charge on any atom is 0.0750 e. The molecule has 4 heteroatoms. The minimum absolute atomic E-state index is 0.130. The maximum atomic E-state index is 5.67. The van der Waals surface area contributed by atoms with Crippen LogP contribution in [-0.2, 0) is 17.8 Å². The second-order valence-corrected chi connectivity index (χ2v) is 5.83. The molecule has 0 saturated heterocycles. The zero-order valence-electron chi connectivity index (χ0n) is 13.2. The average Bonchev–Trinajstić information content (AvgIpc) is 2.87. The van der Waals surface area contributed by atoms with Crippen LogP contribution in [-0.4, -0.2) is 28.5 Å². The van der Waals surface area contributed by atoms with E-state index in [1.165, 1.54) is 11.1 Å². The summed E-state index contributed by atoms with van der Waals surface area (Å²) in [5.74, 6) is 0. The van der Waals surface area contributed by atoms with Gasteiger partial charge in [0.1, 0.15) is 0 Å². The van der Waals surface area contributed by atoms with Crippen LogP contribution in [0.3, 0.4) is 0 Å². The Morgan fingerprint density at radius 2 is 1.95 bits per heavy atom. The molecule has 0 unspecified atom stereocenters. The first kappa shape index (κ1) is 15.7. The van der Waals surface area contributed by atoms with Crippen LogP contribution in [0.5, 0.6) is 0 Å². The first-order valence-corrected chi connectivity index (χ1v) is 7.49. The van der Waals surface area contributed by atoms with Gasteiger partial charge in [-0.05, 0) is 26.3 Å². The van der Waals surface area contributed by atoms with Crippen molar-refractivity contribution in [2.24, 2.45) is 0 Å². The Balaban J connectivity index is 1.81. The Kier molecular flexibility index (Phi) is 5.53. The van der Waals surface area contributed by atoms with Crippen molar-refractivity contribution in [3.8, 4) is 0 Å². The predicted octanol–water partition coefficient (Wildman–Crippen LogP) is 2.84. The van der Waals surface area contributed by atoms with E-state index in [0.29, 0.717) is 0 Å². The van der Waals surface area contributed by atoms with E-state index in [1.807, 2.05) is 23.9 Å². The van der Waals surface area contributed by atoms with Crippen molar-refractivity contribution in [3.63, 3.8) is 0 Å². The van der Waals surface area contributed by atoms with Crippen molar-refractivity contribution in [2.45, 2.75) is 39.5 Å². The topological polar surface area (TPSA) is 39.1 Å². The highest BCUT2D eigenvalue weighted by Crippen LogP contribution is 2.08. The third kappa shape index (κ3) is 5.33. The van der Waals surface area contributed by atoms with Gasteiger partial charge in [0.2, 0.25) is 0 Å². The van der Waals surface area contributed by atoms with E-state index >= 15 is 0 Å². The molecule has 0 aliphatic carbocycles. The smallest absolute Gasteiger partial charge is 0.0750 e. The van der Waals surface area contributed by atoms with Crippen LogP contribution >= 0.6 is 0 Å². The molecule has 21 heavy (non-hydrogen) atoms. The van der Waals surface area contributed by atoms with Crippen molar-refractivity contribution in [1.82, 2.24) is 15.1 Å². The molecule has 1 aromatic carbocycles. The fourth-order valence-corrected chi connectivity index (χ4v) is 2.30. The molecule has 1 heterocycles. The van der Waals surface area contributed by atoms with E-state index in [4.69, 9.17) is 4.74 Å². The van der Waals surface area contributed by atoms with Gasteiger partial charge in [-0.3, -0.25) is 4.68 Å². The molecule has 0 fully saturated rings. The van der Waals surface area contributed by atoms with Crippen molar-refractivity contribution in [3.05, 3.63) is 53.9 Å². The molecule has 0 aliphatic heterocycles. The van der Waals surface area contributed by atoms with E-state index in [1.54, 1.807) is 0 Å². The fourth-order valence-electron chi connectivity index (χ4n) is 2.30. The van der Waals surface area contributed by atoms with Gasteiger partial charge >= 0.3 is 0 Å². The highest BCUT2D eigenvalue weighted by atomic mass is 16.5. The van der Waals surface area contributed by atoms with Gasteiger partial charge < -0.3 is 10.1 Å². The summed E-state index contributed by atoms with van der Waals surface area (Å²) in [4.78, 5) is 0. The van der Waals surface area contributed by atoms with Crippen molar-refractivity contribution in [2.75, 3.05) is 13.2 Å². The van der Waals surface area contributed by atoms with Crippen LogP contribution in [0.25, 0.3) is 0 Å². The summed E-state index contributed by atoms with van der Waals surface area (Å²) in [5.41, 5.74) is 2.32. The van der Waals surface area contributed by atoms with E-state index < -0.39 is 0 Å². The quantitative estimate of drug-likeness (QED) is 0.811. The zero-order chi connectivity index (χ0) is 15.1. The minimum Gasteiger partial charge on any atom is -0.375 e. The van der Waals surface area contributed by atoms with Crippen molar-refractivity contribution in [1.29, 1.82) is 0 Å². The Morgan fingerprint density at radius 1 is 1.19 bits per heavy atom. The monoisotopic (exact) mass is 287 g/mol. The molecule has 4 nitrogen and oxygen atoms in total. The Morgan fingerprint density at radius 3 is 2.67 bits per heavy atom. The molecule has 0 amide bonds. The Bertz CT molecular complexity index is 534. The molecule has 1 N–H and O–H groups in total. The van der Waals surface area contributed by atoms with Crippen LogP contribution in [0.2, 0.25) is 0 Å². The van der Waals surface area contributed by atoms with Gasteiger partial charge in [-0.1, -0.05) is 30.3 Å². The number of ether oxygens (including phenoxy) is 1. The van der Waals surface area contributed by atoms with E-state index in [-0.39, 0.29) is 5.60 Å². The van der Waals surface area contributed by atoms with Gasteiger partial charge in [0.15, 0.2) is 0 Å². The maximum absolute atomic E-state index is 5.67. The minimum atomic E-state index is -0.130. The molecule has 2 rings (SSSR count). The lowest BCUT2D eigenvalue weighted by atomic mass is 10.1. The molecule has 0 bridgehead atoms. The van der Waals surface area contributed by atoms with Gasteiger partial charge in [0.25, 0.3) is 0 Å². The second kappa shape index (κ2) is 7.38. The lowest BCUT2D eigenvalue weighted by molar-refractivity contribution is -0.00897. The molecule has 0 radical (unpaired) electrons. The van der Waals surface area contributed by atoms with Crippen LogP contribution in [0.4, 0.5) is 0 Å². The fraction of sp³-hybridized carbons (Fsp3) is 0.471. The summed E-state index contributed by atoms with van der Waals surface area (Å²) in [7, 11) is 0. The lowest BCUT2D eigenvalue weighted by Gasteiger charge is -2.24. The number of aromatic nitrogens is 2. The second-order valence-electron chi connectivity index (χ2n) is 5.83. The largest absolute Gasteiger partial charge is 0.375 e. The number of rotatable bonds is 8. The highest BCUT2D eigenvalue weighted by molar-refractivity contribution is 5.15. The Hall–Kier alpha value is -1.65. The van der Waals surface area contributed by atoms with Gasteiger partial charge in [-0.25, -0.2) is 0 Å². The number of nitrogens with one attached hydrogen (secondary N) is 1. The van der Waals surface area contributed by atoms with Gasteiger partial charge in [0, 0.05) is 31.5 Å². The van der Waals surface area contributed by atoms with Gasteiger partial charge in [-0.15, -0.1) is 0 Å². The summed E-state index contributed by atoms with van der Waals surface area (Å²) < 4.78 is 7.64. The standard InChI is InChI=1S/C17H25N3O/c1-4-21-17(2,3)14-18-10-16-11-19-20(13-16)12-15-8-6-5-7-9-15/h5-9,11,13,18H,4,10,12,14H2,1-3H3. The molecule has 0 saturated carbocycles. The van der Waals surface area contributed by atoms with E-state index in [9.17, 15) is 0 Å². The highest BCUT2D eigenvalue weighted by Gasteiger charge is 2.16. The Labute approximate surface area is 127 Å². The summed E-state index contributed by atoms with van der Waals surface area (Å²) in [6.07, 6.45) is 4.01. The van der Waals surface area contributed by atoms with Crippen LogP contribution in [0.15, 0.2) is 42.7 Å². The molecule has 0 spiro atoms. The molecule has 0 atom stereocenters. The van der Waals surface area contributed by atoms with Crippen LogP contribution in [0.1, 0.15) is 31.9 Å². The number of nitrogens with zero attached hydrogens (tertiary/aromatic N) is 2.